The summed E-state index contributed by atoms with van der Waals surface area (Å²) in [6.45, 7) is 5.15. The molecule has 0 fully saturated rings. The SMILES string of the molecule is Cc1cccc(CNc2cnc3ccccc3c2)c1C. The molecule has 0 aliphatic carbocycles. The van der Waals surface area contributed by atoms with Crippen LogP contribution in [0.3, 0.4) is 0 Å². The molecular weight excluding hydrogens is 244 g/mol. The summed E-state index contributed by atoms with van der Waals surface area (Å²) in [5, 5.41) is 4.62. The van der Waals surface area contributed by atoms with E-state index in [0.29, 0.717) is 0 Å². The number of hydrogen-bond donors (Lipinski definition) is 1. The van der Waals surface area contributed by atoms with Crippen molar-refractivity contribution in [3.63, 3.8) is 0 Å². The summed E-state index contributed by atoms with van der Waals surface area (Å²) in [4.78, 5) is 4.47. The van der Waals surface area contributed by atoms with Crippen LogP contribution in [-0.2, 0) is 6.54 Å². The molecular formula is C18H18N2. The fraction of sp³-hybridized carbons (Fsp3) is 0.167. The molecule has 1 aromatic heterocycles. The molecule has 0 unspecified atom stereocenters. The van der Waals surface area contributed by atoms with Crippen molar-refractivity contribution < 1.29 is 0 Å². The molecule has 0 amide bonds. The average Bonchev–Trinajstić information content (AvgIpc) is 2.48. The Bertz CT molecular complexity index is 747. The summed E-state index contributed by atoms with van der Waals surface area (Å²) in [5.74, 6) is 0. The summed E-state index contributed by atoms with van der Waals surface area (Å²) in [7, 11) is 0. The van der Waals surface area contributed by atoms with Crippen LogP contribution in [0, 0.1) is 13.8 Å². The third-order valence-electron chi connectivity index (χ3n) is 3.79. The maximum atomic E-state index is 4.47. The first kappa shape index (κ1) is 12.7. The van der Waals surface area contributed by atoms with Gasteiger partial charge in [0.05, 0.1) is 17.4 Å². The maximum absolute atomic E-state index is 4.47. The number of fused-ring (bicyclic) bond motifs is 1. The lowest BCUT2D eigenvalue weighted by molar-refractivity contribution is 1.10. The number of benzene rings is 2. The second kappa shape index (κ2) is 5.33. The van der Waals surface area contributed by atoms with Crippen molar-refractivity contribution in [2.24, 2.45) is 0 Å². The number of nitrogens with zero attached hydrogens (tertiary/aromatic N) is 1. The Hall–Kier alpha value is -2.35. The third-order valence-corrected chi connectivity index (χ3v) is 3.79. The summed E-state index contributed by atoms with van der Waals surface area (Å²) in [6.07, 6.45) is 1.90. The monoisotopic (exact) mass is 262 g/mol. The highest BCUT2D eigenvalue weighted by Crippen LogP contribution is 2.18. The molecule has 100 valence electrons. The number of pyridine rings is 1. The Morgan fingerprint density at radius 2 is 1.85 bits per heavy atom. The van der Waals surface area contributed by atoms with Gasteiger partial charge in [-0.05, 0) is 42.7 Å². The van der Waals surface area contributed by atoms with Crippen LogP contribution < -0.4 is 5.32 Å². The van der Waals surface area contributed by atoms with Crippen molar-refractivity contribution in [3.05, 3.63) is 71.4 Å². The molecule has 20 heavy (non-hydrogen) atoms. The normalized spacial score (nSPS) is 10.7. The quantitative estimate of drug-likeness (QED) is 0.753. The standard InChI is InChI=1S/C18H18N2/c1-13-6-5-8-16(14(13)2)11-19-17-10-15-7-3-4-9-18(15)20-12-17/h3-10,12,19H,11H2,1-2H3. The van der Waals surface area contributed by atoms with Gasteiger partial charge in [-0.2, -0.15) is 0 Å². The van der Waals surface area contributed by atoms with E-state index in [9.17, 15) is 0 Å². The van der Waals surface area contributed by atoms with Crippen LogP contribution in [0.2, 0.25) is 0 Å². The van der Waals surface area contributed by atoms with Gasteiger partial charge in [-0.25, -0.2) is 0 Å². The van der Waals surface area contributed by atoms with Crippen molar-refractivity contribution in [2.45, 2.75) is 20.4 Å². The first-order chi connectivity index (χ1) is 9.74. The van der Waals surface area contributed by atoms with E-state index >= 15 is 0 Å². The molecule has 0 saturated carbocycles. The van der Waals surface area contributed by atoms with E-state index in [2.05, 4.69) is 54.5 Å². The molecule has 0 spiro atoms. The van der Waals surface area contributed by atoms with E-state index in [0.717, 1.165) is 17.7 Å². The lowest BCUT2D eigenvalue weighted by Gasteiger charge is -2.11. The first-order valence-electron chi connectivity index (χ1n) is 6.88. The fourth-order valence-corrected chi connectivity index (χ4v) is 2.37. The number of hydrogen-bond acceptors (Lipinski definition) is 2. The lowest BCUT2D eigenvalue weighted by Crippen LogP contribution is -2.02. The van der Waals surface area contributed by atoms with Gasteiger partial charge in [0.25, 0.3) is 0 Å². The van der Waals surface area contributed by atoms with Gasteiger partial charge in [0.15, 0.2) is 0 Å². The van der Waals surface area contributed by atoms with Crippen LogP contribution in [0.5, 0.6) is 0 Å². The molecule has 1 N–H and O–H groups in total. The number of nitrogens with one attached hydrogen (secondary N) is 1. The minimum Gasteiger partial charge on any atom is -0.380 e. The van der Waals surface area contributed by atoms with Gasteiger partial charge in [-0.1, -0.05) is 36.4 Å². The maximum Gasteiger partial charge on any atom is 0.0703 e. The molecule has 0 radical (unpaired) electrons. The van der Waals surface area contributed by atoms with Crippen molar-refractivity contribution in [2.75, 3.05) is 5.32 Å². The minimum atomic E-state index is 0.827. The Morgan fingerprint density at radius 3 is 2.75 bits per heavy atom. The van der Waals surface area contributed by atoms with Gasteiger partial charge in [-0.3, -0.25) is 4.98 Å². The van der Waals surface area contributed by atoms with Gasteiger partial charge in [-0.15, -0.1) is 0 Å². The van der Waals surface area contributed by atoms with Crippen LogP contribution >= 0.6 is 0 Å². The lowest BCUT2D eigenvalue weighted by atomic mass is 10.0. The molecule has 0 aliphatic rings. The molecule has 0 bridgehead atoms. The molecule has 2 aromatic carbocycles. The first-order valence-corrected chi connectivity index (χ1v) is 6.88. The van der Waals surface area contributed by atoms with E-state index in [4.69, 9.17) is 0 Å². The van der Waals surface area contributed by atoms with E-state index in [1.807, 2.05) is 24.4 Å². The number of aryl methyl sites for hydroxylation is 1. The van der Waals surface area contributed by atoms with Crippen LogP contribution in [0.15, 0.2) is 54.7 Å². The van der Waals surface area contributed by atoms with Gasteiger partial charge in [0.1, 0.15) is 0 Å². The highest BCUT2D eigenvalue weighted by molar-refractivity contribution is 5.81. The zero-order chi connectivity index (χ0) is 13.9. The van der Waals surface area contributed by atoms with Gasteiger partial charge < -0.3 is 5.32 Å². The van der Waals surface area contributed by atoms with E-state index in [1.54, 1.807) is 0 Å². The van der Waals surface area contributed by atoms with Crippen LogP contribution in [0.1, 0.15) is 16.7 Å². The van der Waals surface area contributed by atoms with Crippen molar-refractivity contribution in [3.8, 4) is 0 Å². The number of para-hydroxylation sites is 1. The van der Waals surface area contributed by atoms with E-state index in [-0.39, 0.29) is 0 Å². The van der Waals surface area contributed by atoms with Crippen molar-refractivity contribution in [1.29, 1.82) is 0 Å². The average molecular weight is 262 g/mol. The van der Waals surface area contributed by atoms with Crippen LogP contribution in [-0.4, -0.2) is 4.98 Å². The molecule has 0 aliphatic heterocycles. The zero-order valence-electron chi connectivity index (χ0n) is 11.9. The second-order valence-corrected chi connectivity index (χ2v) is 5.13. The largest absolute Gasteiger partial charge is 0.380 e. The minimum absolute atomic E-state index is 0.827. The predicted molar refractivity (Wildman–Crippen MR) is 85.0 cm³/mol. The van der Waals surface area contributed by atoms with Gasteiger partial charge in [0.2, 0.25) is 0 Å². The Labute approximate surface area is 119 Å². The van der Waals surface area contributed by atoms with Gasteiger partial charge >= 0.3 is 0 Å². The summed E-state index contributed by atoms with van der Waals surface area (Å²) >= 11 is 0. The number of aromatic nitrogens is 1. The Balaban J connectivity index is 1.81. The Kier molecular flexibility index (Phi) is 3.38. The van der Waals surface area contributed by atoms with Crippen molar-refractivity contribution in [1.82, 2.24) is 4.98 Å². The van der Waals surface area contributed by atoms with Crippen LogP contribution in [0.4, 0.5) is 5.69 Å². The molecule has 1 heterocycles. The number of rotatable bonds is 3. The summed E-state index contributed by atoms with van der Waals surface area (Å²) in [6, 6.07) is 16.7. The highest BCUT2D eigenvalue weighted by atomic mass is 14.9. The molecule has 0 atom stereocenters. The third kappa shape index (κ3) is 2.50. The Morgan fingerprint density at radius 1 is 1.00 bits per heavy atom. The molecule has 2 nitrogen and oxygen atoms in total. The number of anilines is 1. The van der Waals surface area contributed by atoms with E-state index in [1.165, 1.54) is 22.1 Å². The van der Waals surface area contributed by atoms with Crippen molar-refractivity contribution >= 4 is 16.6 Å². The molecule has 2 heteroatoms. The molecule has 3 rings (SSSR count). The highest BCUT2D eigenvalue weighted by Gasteiger charge is 2.01. The second-order valence-electron chi connectivity index (χ2n) is 5.13. The smallest absolute Gasteiger partial charge is 0.0703 e. The topological polar surface area (TPSA) is 24.9 Å². The summed E-state index contributed by atoms with van der Waals surface area (Å²) in [5.41, 5.74) is 6.11. The fourth-order valence-electron chi connectivity index (χ4n) is 2.37. The van der Waals surface area contributed by atoms with Crippen LogP contribution in [0.25, 0.3) is 10.9 Å². The molecule has 0 saturated heterocycles. The summed E-state index contributed by atoms with van der Waals surface area (Å²) < 4.78 is 0. The van der Waals surface area contributed by atoms with E-state index < -0.39 is 0 Å². The van der Waals surface area contributed by atoms with Gasteiger partial charge in [0, 0.05) is 11.9 Å². The predicted octanol–water partition coefficient (Wildman–Crippen LogP) is 4.46. The zero-order valence-corrected chi connectivity index (χ0v) is 11.9. The molecule has 3 aromatic rings.